The number of ether oxygens (including phenoxy) is 2. The summed E-state index contributed by atoms with van der Waals surface area (Å²) in [6, 6.07) is 9.09. The molecule has 1 saturated heterocycles. The molecular weight excluding hydrogens is 467 g/mol. The van der Waals surface area contributed by atoms with Gasteiger partial charge >= 0.3 is 0 Å². The normalized spacial score (nSPS) is 24.8. The van der Waals surface area contributed by atoms with Gasteiger partial charge in [0.1, 0.15) is 0 Å². The van der Waals surface area contributed by atoms with Crippen LogP contribution < -0.4 is 0 Å². The van der Waals surface area contributed by atoms with Crippen molar-refractivity contribution in [3.8, 4) is 0 Å². The van der Waals surface area contributed by atoms with E-state index in [0.29, 0.717) is 0 Å². The van der Waals surface area contributed by atoms with Gasteiger partial charge in [0.2, 0.25) is 0 Å². The van der Waals surface area contributed by atoms with E-state index in [1.165, 1.54) is 25.8 Å². The quantitative estimate of drug-likeness (QED) is 0.300. The summed E-state index contributed by atoms with van der Waals surface area (Å²) in [5.41, 5.74) is 4.78. The van der Waals surface area contributed by atoms with E-state index in [9.17, 15) is 0 Å². The highest BCUT2D eigenvalue weighted by molar-refractivity contribution is 8.01. The maximum atomic E-state index is 6.15. The molecule has 180 valence electrons. The van der Waals surface area contributed by atoms with Crippen LogP contribution in [0.5, 0.6) is 0 Å². The van der Waals surface area contributed by atoms with Crippen molar-refractivity contribution in [2.75, 3.05) is 13.7 Å². The monoisotopic (exact) mass is 503 g/mol. The summed E-state index contributed by atoms with van der Waals surface area (Å²) in [7, 11) is -0.0595. The van der Waals surface area contributed by atoms with E-state index >= 15 is 0 Å². The first-order chi connectivity index (χ1) is 15.5. The predicted molar refractivity (Wildman–Crippen MR) is 141 cm³/mol. The second kappa shape index (κ2) is 9.50. The Hall–Kier alpha value is -1.12. The number of rotatable bonds is 6. The van der Waals surface area contributed by atoms with Gasteiger partial charge in [-0.1, -0.05) is 38.6 Å². The zero-order chi connectivity index (χ0) is 23.9. The molecule has 0 bridgehead atoms. The number of nitrogens with zero attached hydrogens (tertiary/aromatic N) is 1. The van der Waals surface area contributed by atoms with Gasteiger partial charge < -0.3 is 14.0 Å². The Morgan fingerprint density at radius 3 is 2.70 bits per heavy atom. The molecule has 33 heavy (non-hydrogen) atoms. The Morgan fingerprint density at radius 1 is 1.21 bits per heavy atom. The van der Waals surface area contributed by atoms with E-state index in [1.54, 1.807) is 11.3 Å². The molecule has 0 spiro atoms. The van der Waals surface area contributed by atoms with Gasteiger partial charge in [0.15, 0.2) is 0 Å². The summed E-state index contributed by atoms with van der Waals surface area (Å²) in [6.07, 6.45) is 4.03. The lowest BCUT2D eigenvalue weighted by Crippen LogP contribution is -2.39. The number of thiophene rings is 1. The smallest absolute Gasteiger partial charge is 0.286 e. The lowest BCUT2D eigenvalue weighted by Gasteiger charge is -2.38. The third-order valence-corrected chi connectivity index (χ3v) is 13.7. The minimum atomic E-state index is -1.89. The first kappa shape index (κ1) is 25.0. The fraction of sp³-hybridized carbons (Fsp3) is 0.577. The van der Waals surface area contributed by atoms with Crippen LogP contribution in [-0.2, 0) is 26.0 Å². The third-order valence-electron chi connectivity index (χ3n) is 7.45. The second-order valence-electron chi connectivity index (χ2n) is 10.8. The van der Waals surface area contributed by atoms with E-state index in [2.05, 4.69) is 75.6 Å². The molecule has 1 aliphatic heterocycles. The van der Waals surface area contributed by atoms with Crippen LogP contribution in [-0.4, -0.2) is 33.8 Å². The average molecular weight is 504 g/mol. The Morgan fingerprint density at radius 2 is 2.00 bits per heavy atom. The number of methoxy groups -OCH3 is 1. The number of hydrogen-bond acceptors (Lipinski definition) is 6. The first-order valence-electron chi connectivity index (χ1n) is 11.8. The van der Waals surface area contributed by atoms with Crippen LogP contribution in [0, 0.1) is 0 Å². The standard InChI is InChI=1S/C26H37NO3S2Si/c1-18-16-26(28-5,12-13-29-18)20-15-24(31-17-20)32-21-9-10-22-19(14-21)8-11-23(22)27-30-33(6,7)25(2,3)4/h9-10,14-15,17-18H,8,11-13,16H2,1-7H3/b27-23+/t18-,26+/m0/s1. The Kier molecular flexibility index (Phi) is 7.19. The number of benzene rings is 1. The fourth-order valence-corrected chi connectivity index (χ4v) is 6.97. The molecule has 1 aliphatic carbocycles. The summed E-state index contributed by atoms with van der Waals surface area (Å²) in [6.45, 7) is 14.1. The summed E-state index contributed by atoms with van der Waals surface area (Å²) >= 11 is 3.64. The van der Waals surface area contributed by atoms with Crippen LogP contribution in [0.15, 0.2) is 43.9 Å². The van der Waals surface area contributed by atoms with Crippen LogP contribution in [0.4, 0.5) is 0 Å². The van der Waals surface area contributed by atoms with Gasteiger partial charge in [-0.3, -0.25) is 0 Å². The van der Waals surface area contributed by atoms with Crippen LogP contribution in [0.2, 0.25) is 18.1 Å². The van der Waals surface area contributed by atoms with Gasteiger partial charge in [-0.25, -0.2) is 0 Å². The molecule has 1 aromatic carbocycles. The van der Waals surface area contributed by atoms with E-state index in [-0.39, 0.29) is 16.7 Å². The molecule has 2 aromatic rings. The van der Waals surface area contributed by atoms with Crippen molar-refractivity contribution >= 4 is 37.1 Å². The van der Waals surface area contributed by atoms with Gasteiger partial charge in [-0.15, -0.1) is 16.5 Å². The zero-order valence-electron chi connectivity index (χ0n) is 21.0. The van der Waals surface area contributed by atoms with Crippen molar-refractivity contribution in [1.29, 1.82) is 0 Å². The van der Waals surface area contributed by atoms with Crippen molar-refractivity contribution in [2.45, 2.75) is 92.3 Å². The highest BCUT2D eigenvalue weighted by atomic mass is 32.2. The molecule has 2 heterocycles. The van der Waals surface area contributed by atoms with Crippen molar-refractivity contribution in [2.24, 2.45) is 5.16 Å². The molecule has 0 saturated carbocycles. The van der Waals surface area contributed by atoms with Crippen molar-refractivity contribution in [3.63, 3.8) is 0 Å². The van der Waals surface area contributed by atoms with Crippen LogP contribution >= 0.6 is 23.1 Å². The summed E-state index contributed by atoms with van der Waals surface area (Å²) in [5.74, 6) is 0. The maximum absolute atomic E-state index is 6.15. The summed E-state index contributed by atoms with van der Waals surface area (Å²) < 4.78 is 19.2. The highest BCUT2D eigenvalue weighted by Gasteiger charge is 2.40. The summed E-state index contributed by atoms with van der Waals surface area (Å²) in [4.78, 5) is 1.28. The first-order valence-corrected chi connectivity index (χ1v) is 16.5. The zero-order valence-corrected chi connectivity index (χ0v) is 23.6. The predicted octanol–water partition coefficient (Wildman–Crippen LogP) is 7.61. The van der Waals surface area contributed by atoms with E-state index < -0.39 is 8.32 Å². The largest absolute Gasteiger partial charge is 0.455 e. The third kappa shape index (κ3) is 5.27. The molecule has 4 rings (SSSR count). The fourth-order valence-electron chi connectivity index (χ4n) is 4.25. The maximum Gasteiger partial charge on any atom is 0.286 e. The number of aryl methyl sites for hydroxylation is 1. The Labute approximate surface area is 208 Å². The number of hydrogen-bond donors (Lipinski definition) is 0. The second-order valence-corrected chi connectivity index (χ2v) is 17.8. The minimum absolute atomic E-state index is 0.155. The van der Waals surface area contributed by atoms with Gasteiger partial charge in [-0.2, -0.15) is 0 Å². The molecule has 1 aromatic heterocycles. The van der Waals surface area contributed by atoms with Crippen molar-refractivity contribution < 1.29 is 14.0 Å². The van der Waals surface area contributed by atoms with Gasteiger partial charge in [0.25, 0.3) is 8.32 Å². The highest BCUT2D eigenvalue weighted by Crippen LogP contribution is 2.43. The van der Waals surface area contributed by atoms with Gasteiger partial charge in [0, 0.05) is 30.4 Å². The molecule has 2 aliphatic rings. The van der Waals surface area contributed by atoms with Crippen LogP contribution in [0.3, 0.4) is 0 Å². The molecule has 0 unspecified atom stereocenters. The van der Waals surface area contributed by atoms with Gasteiger partial charge in [0.05, 0.1) is 28.2 Å². The summed E-state index contributed by atoms with van der Waals surface area (Å²) in [5, 5.41) is 7.06. The van der Waals surface area contributed by atoms with Gasteiger partial charge in [-0.05, 0) is 72.6 Å². The van der Waals surface area contributed by atoms with Crippen molar-refractivity contribution in [1.82, 2.24) is 0 Å². The van der Waals surface area contributed by atoms with E-state index in [4.69, 9.17) is 14.0 Å². The molecule has 0 radical (unpaired) electrons. The SMILES string of the molecule is CO[C@]1(c2csc(Sc3ccc4c(c3)CC/C4=N\O[Si](C)(C)C(C)(C)C)c2)CCO[C@@H](C)C1. The number of oxime groups is 1. The molecular formula is C26H37NO3S2Si. The lowest BCUT2D eigenvalue weighted by molar-refractivity contribution is -0.122. The van der Waals surface area contributed by atoms with Crippen molar-refractivity contribution in [3.05, 3.63) is 46.3 Å². The Balaban J connectivity index is 1.47. The molecule has 4 nitrogen and oxygen atoms in total. The van der Waals surface area contributed by atoms with E-state index in [0.717, 1.165) is 38.0 Å². The topological polar surface area (TPSA) is 40.0 Å². The molecule has 7 heteroatoms. The average Bonchev–Trinajstić information content (AvgIpc) is 3.38. The number of fused-ring (bicyclic) bond motifs is 1. The van der Waals surface area contributed by atoms with E-state index in [1.807, 2.05) is 18.9 Å². The molecule has 0 amide bonds. The molecule has 1 fully saturated rings. The van der Waals surface area contributed by atoms with Crippen LogP contribution in [0.1, 0.15) is 63.6 Å². The lowest BCUT2D eigenvalue weighted by atomic mass is 9.85. The van der Waals surface area contributed by atoms with Crippen LogP contribution in [0.25, 0.3) is 0 Å². The minimum Gasteiger partial charge on any atom is -0.455 e. The molecule has 0 N–H and O–H groups in total. The Bertz CT molecular complexity index is 1030. The molecule has 2 atom stereocenters.